The number of carbonyl (C=O) groups is 2. The highest BCUT2D eigenvalue weighted by Gasteiger charge is 2.24. The minimum Gasteiger partial charge on any atom is -0.340 e. The molecule has 1 unspecified atom stereocenters. The summed E-state index contributed by atoms with van der Waals surface area (Å²) in [4.78, 5) is 30.2. The van der Waals surface area contributed by atoms with Gasteiger partial charge >= 0.3 is 0 Å². The number of hydrogen-bond acceptors (Lipinski definition) is 4. The number of rotatable bonds is 6. The molecule has 1 aromatic heterocycles. The van der Waals surface area contributed by atoms with E-state index in [4.69, 9.17) is 23.2 Å². The maximum atomic E-state index is 12.5. The quantitative estimate of drug-likeness (QED) is 0.748. The molecule has 0 radical (unpaired) electrons. The number of aryl methyl sites for hydroxylation is 1. The number of thiazole rings is 1. The molecule has 1 aromatic carbocycles. The lowest BCUT2D eigenvalue weighted by molar-refractivity contribution is -0.118. The first-order chi connectivity index (χ1) is 11.8. The van der Waals surface area contributed by atoms with Gasteiger partial charge in [-0.2, -0.15) is 0 Å². The van der Waals surface area contributed by atoms with E-state index in [9.17, 15) is 9.59 Å². The minimum absolute atomic E-state index is 0.217. The van der Waals surface area contributed by atoms with Crippen LogP contribution in [0, 0.1) is 12.8 Å². The van der Waals surface area contributed by atoms with Crippen LogP contribution in [0.1, 0.15) is 35.5 Å². The molecule has 2 rings (SSSR count). The highest BCUT2D eigenvalue weighted by molar-refractivity contribution is 7.15. The second-order valence-corrected chi connectivity index (χ2v) is 8.12. The Morgan fingerprint density at radius 2 is 2.00 bits per heavy atom. The Morgan fingerprint density at radius 1 is 1.28 bits per heavy atom. The number of benzene rings is 1. The molecule has 8 heteroatoms. The van der Waals surface area contributed by atoms with Gasteiger partial charge in [-0.3, -0.25) is 9.59 Å². The zero-order chi connectivity index (χ0) is 18.6. The van der Waals surface area contributed by atoms with Gasteiger partial charge in [-0.25, -0.2) is 4.98 Å². The van der Waals surface area contributed by atoms with Crippen LogP contribution in [0.4, 0.5) is 5.13 Å². The maximum Gasteiger partial charge on any atom is 0.253 e. The van der Waals surface area contributed by atoms with E-state index in [1.807, 2.05) is 20.8 Å². The number of aromatic nitrogens is 1. The van der Waals surface area contributed by atoms with Gasteiger partial charge in [0.2, 0.25) is 5.91 Å². The lowest BCUT2D eigenvalue weighted by Crippen LogP contribution is -2.44. The van der Waals surface area contributed by atoms with Crippen LogP contribution >= 0.6 is 34.5 Å². The molecular formula is C17H19Cl2N3O2S. The fourth-order valence-corrected chi connectivity index (χ4v) is 3.38. The number of halogens is 2. The zero-order valence-electron chi connectivity index (χ0n) is 14.1. The van der Waals surface area contributed by atoms with Gasteiger partial charge < -0.3 is 10.6 Å². The topological polar surface area (TPSA) is 71.1 Å². The Bertz CT molecular complexity index is 777. The molecular weight excluding hydrogens is 381 g/mol. The van der Waals surface area contributed by atoms with Crippen molar-refractivity contribution < 1.29 is 9.59 Å². The van der Waals surface area contributed by atoms with E-state index in [2.05, 4.69) is 15.6 Å². The molecule has 0 aliphatic heterocycles. The summed E-state index contributed by atoms with van der Waals surface area (Å²) in [5, 5.41) is 6.69. The van der Waals surface area contributed by atoms with Crippen LogP contribution < -0.4 is 10.6 Å². The standard InChI is InChI=1S/C17H19Cl2N3O2S/c1-9(2)6-14(16(24)22-17-20-8-10(3)25-17)21-15(23)12-5-4-11(18)7-13(12)19/h4-5,7-9,14H,6H2,1-3H3,(H,21,23)(H,20,22,24). The van der Waals surface area contributed by atoms with Gasteiger partial charge in [0.1, 0.15) is 6.04 Å². The number of nitrogens with zero attached hydrogens (tertiary/aromatic N) is 1. The minimum atomic E-state index is -0.691. The molecule has 1 atom stereocenters. The monoisotopic (exact) mass is 399 g/mol. The molecule has 1 heterocycles. The Kier molecular flexibility index (Phi) is 6.81. The highest BCUT2D eigenvalue weighted by Crippen LogP contribution is 2.22. The highest BCUT2D eigenvalue weighted by atomic mass is 35.5. The average molecular weight is 400 g/mol. The van der Waals surface area contributed by atoms with Gasteiger partial charge in [-0.05, 0) is 37.5 Å². The third kappa shape index (κ3) is 5.70. The Balaban J connectivity index is 2.13. The summed E-state index contributed by atoms with van der Waals surface area (Å²) in [5.74, 6) is -0.506. The molecule has 2 N–H and O–H groups in total. The van der Waals surface area contributed by atoms with Gasteiger partial charge in [-0.1, -0.05) is 37.0 Å². The van der Waals surface area contributed by atoms with Gasteiger partial charge in [-0.15, -0.1) is 11.3 Å². The van der Waals surface area contributed by atoms with Crippen molar-refractivity contribution in [3.63, 3.8) is 0 Å². The van der Waals surface area contributed by atoms with Crippen LogP contribution in [-0.4, -0.2) is 22.8 Å². The molecule has 0 bridgehead atoms. The molecule has 134 valence electrons. The van der Waals surface area contributed by atoms with Gasteiger partial charge in [0.25, 0.3) is 5.91 Å². The zero-order valence-corrected chi connectivity index (χ0v) is 16.4. The number of carbonyl (C=O) groups excluding carboxylic acids is 2. The normalized spacial score (nSPS) is 12.1. The van der Waals surface area contributed by atoms with Crippen molar-refractivity contribution in [3.05, 3.63) is 44.9 Å². The van der Waals surface area contributed by atoms with Crippen LogP contribution in [0.5, 0.6) is 0 Å². The van der Waals surface area contributed by atoms with Crippen molar-refractivity contribution in [2.45, 2.75) is 33.2 Å². The van der Waals surface area contributed by atoms with Crippen molar-refractivity contribution in [2.24, 2.45) is 5.92 Å². The van der Waals surface area contributed by atoms with E-state index >= 15 is 0 Å². The Labute approximate surface area is 160 Å². The predicted molar refractivity (Wildman–Crippen MR) is 103 cm³/mol. The summed E-state index contributed by atoms with van der Waals surface area (Å²) in [6, 6.07) is 3.92. The maximum absolute atomic E-state index is 12.5. The molecule has 0 aliphatic carbocycles. The fourth-order valence-electron chi connectivity index (χ4n) is 2.22. The molecule has 5 nitrogen and oxygen atoms in total. The van der Waals surface area contributed by atoms with Gasteiger partial charge in [0, 0.05) is 16.1 Å². The summed E-state index contributed by atoms with van der Waals surface area (Å²) < 4.78 is 0. The first-order valence-electron chi connectivity index (χ1n) is 7.75. The lowest BCUT2D eigenvalue weighted by Gasteiger charge is -2.20. The van der Waals surface area contributed by atoms with Crippen molar-refractivity contribution in [1.82, 2.24) is 10.3 Å². The van der Waals surface area contributed by atoms with Crippen LogP contribution in [0.25, 0.3) is 0 Å². The summed E-state index contributed by atoms with van der Waals surface area (Å²) in [7, 11) is 0. The van der Waals surface area contributed by atoms with Crippen molar-refractivity contribution in [2.75, 3.05) is 5.32 Å². The molecule has 25 heavy (non-hydrogen) atoms. The van der Waals surface area contributed by atoms with E-state index in [1.165, 1.54) is 23.5 Å². The molecule has 2 aromatic rings. The second-order valence-electron chi connectivity index (χ2n) is 6.05. The predicted octanol–water partition coefficient (Wildman–Crippen LogP) is 4.54. The number of nitrogens with one attached hydrogen (secondary N) is 2. The van der Waals surface area contributed by atoms with E-state index < -0.39 is 11.9 Å². The molecule has 0 saturated carbocycles. The number of anilines is 1. The van der Waals surface area contributed by atoms with Crippen LogP contribution in [-0.2, 0) is 4.79 Å². The van der Waals surface area contributed by atoms with E-state index in [0.717, 1.165) is 4.88 Å². The number of hydrogen-bond donors (Lipinski definition) is 2. The van der Waals surface area contributed by atoms with Crippen molar-refractivity contribution >= 4 is 51.5 Å². The van der Waals surface area contributed by atoms with E-state index in [-0.39, 0.29) is 22.4 Å². The summed E-state index contributed by atoms with van der Waals surface area (Å²) in [6.45, 7) is 5.87. The van der Waals surface area contributed by atoms with Crippen LogP contribution in [0.15, 0.2) is 24.4 Å². The fraction of sp³-hybridized carbons (Fsp3) is 0.353. The second kappa shape index (κ2) is 8.65. The van der Waals surface area contributed by atoms with Crippen LogP contribution in [0.2, 0.25) is 10.0 Å². The molecule has 0 aliphatic rings. The molecule has 0 spiro atoms. The van der Waals surface area contributed by atoms with Gasteiger partial charge in [0.05, 0.1) is 10.6 Å². The van der Waals surface area contributed by atoms with E-state index in [0.29, 0.717) is 16.6 Å². The third-order valence-electron chi connectivity index (χ3n) is 3.36. The number of amides is 2. The first kappa shape index (κ1) is 19.7. The summed E-state index contributed by atoms with van der Waals surface area (Å²) >= 11 is 13.3. The Hall–Kier alpha value is -1.63. The van der Waals surface area contributed by atoms with Crippen molar-refractivity contribution in [3.8, 4) is 0 Å². The van der Waals surface area contributed by atoms with Gasteiger partial charge in [0.15, 0.2) is 5.13 Å². The summed E-state index contributed by atoms with van der Waals surface area (Å²) in [6.07, 6.45) is 2.18. The lowest BCUT2D eigenvalue weighted by atomic mass is 10.0. The van der Waals surface area contributed by atoms with E-state index in [1.54, 1.807) is 12.3 Å². The molecule has 0 fully saturated rings. The molecule has 0 saturated heterocycles. The average Bonchev–Trinajstić information content (AvgIpc) is 2.91. The van der Waals surface area contributed by atoms with Crippen molar-refractivity contribution in [1.29, 1.82) is 0 Å². The first-order valence-corrected chi connectivity index (χ1v) is 9.32. The Morgan fingerprint density at radius 3 is 2.56 bits per heavy atom. The smallest absolute Gasteiger partial charge is 0.253 e. The molecule has 2 amide bonds. The SMILES string of the molecule is Cc1cnc(NC(=O)C(CC(C)C)NC(=O)c2ccc(Cl)cc2Cl)s1. The largest absolute Gasteiger partial charge is 0.340 e. The summed E-state index contributed by atoms with van der Waals surface area (Å²) in [5.41, 5.74) is 0.276. The van der Waals surface area contributed by atoms with Crippen LogP contribution in [0.3, 0.4) is 0 Å². The third-order valence-corrected chi connectivity index (χ3v) is 4.73.